The van der Waals surface area contributed by atoms with E-state index in [1.807, 2.05) is 0 Å². The Kier molecular flexibility index (Phi) is 3.14. The topological polar surface area (TPSA) is 49.3 Å². The molecule has 0 spiro atoms. The van der Waals surface area contributed by atoms with Gasteiger partial charge in [-0.05, 0) is 19.1 Å². The number of aliphatic hydroxyl groups excluding tert-OH is 1. The van der Waals surface area contributed by atoms with Crippen molar-refractivity contribution in [2.24, 2.45) is 0 Å². The maximum atomic E-state index is 12.6. The van der Waals surface area contributed by atoms with Crippen LogP contribution in [-0.2, 0) is 4.79 Å². The highest BCUT2D eigenvalue weighted by molar-refractivity contribution is 5.93. The molecule has 1 aromatic carbocycles. The van der Waals surface area contributed by atoms with E-state index in [0.29, 0.717) is 0 Å². The first-order valence-electron chi connectivity index (χ1n) is 3.94. The monoisotopic (exact) mass is 201 g/mol. The molecule has 0 aliphatic heterocycles. The molecule has 1 amide bonds. The minimum Gasteiger partial charge on any atom is -0.384 e. The van der Waals surface area contributed by atoms with E-state index in [1.165, 1.54) is 13.0 Å². The van der Waals surface area contributed by atoms with Crippen LogP contribution in [0.4, 0.5) is 14.5 Å². The van der Waals surface area contributed by atoms with Gasteiger partial charge in [-0.3, -0.25) is 4.79 Å². The van der Waals surface area contributed by atoms with Gasteiger partial charge in [0.25, 0.3) is 5.91 Å². The third-order valence-electron chi connectivity index (χ3n) is 1.57. The lowest BCUT2D eigenvalue weighted by Crippen LogP contribution is -2.24. The van der Waals surface area contributed by atoms with Crippen LogP contribution in [0.25, 0.3) is 0 Å². The fourth-order valence-electron chi connectivity index (χ4n) is 0.821. The Morgan fingerprint density at radius 3 is 2.57 bits per heavy atom. The van der Waals surface area contributed by atoms with Gasteiger partial charge >= 0.3 is 0 Å². The zero-order chi connectivity index (χ0) is 10.7. The van der Waals surface area contributed by atoms with E-state index in [4.69, 9.17) is 5.11 Å². The fourth-order valence-corrected chi connectivity index (χ4v) is 0.821. The summed E-state index contributed by atoms with van der Waals surface area (Å²) in [7, 11) is 0. The van der Waals surface area contributed by atoms with Crippen molar-refractivity contribution in [1.82, 2.24) is 0 Å². The van der Waals surface area contributed by atoms with E-state index >= 15 is 0 Å². The third-order valence-corrected chi connectivity index (χ3v) is 1.57. The summed E-state index contributed by atoms with van der Waals surface area (Å²) in [6.45, 7) is 1.27. The highest BCUT2D eigenvalue weighted by atomic mass is 19.2. The van der Waals surface area contributed by atoms with Gasteiger partial charge in [-0.2, -0.15) is 0 Å². The number of benzene rings is 1. The average molecular weight is 201 g/mol. The number of hydrogen-bond acceptors (Lipinski definition) is 2. The highest BCUT2D eigenvalue weighted by Gasteiger charge is 2.10. The normalized spacial score (nSPS) is 12.3. The molecule has 0 saturated carbocycles. The summed E-state index contributed by atoms with van der Waals surface area (Å²) >= 11 is 0. The first kappa shape index (κ1) is 10.6. The molecule has 0 bridgehead atoms. The molecule has 5 heteroatoms. The summed E-state index contributed by atoms with van der Waals surface area (Å²) in [6.07, 6.45) is -1.19. The van der Waals surface area contributed by atoms with Crippen molar-refractivity contribution in [3.63, 3.8) is 0 Å². The predicted molar refractivity (Wildman–Crippen MR) is 46.7 cm³/mol. The molecule has 3 nitrogen and oxygen atoms in total. The molecule has 1 rings (SSSR count). The van der Waals surface area contributed by atoms with Crippen LogP contribution >= 0.6 is 0 Å². The van der Waals surface area contributed by atoms with Crippen molar-refractivity contribution in [2.45, 2.75) is 13.0 Å². The third kappa shape index (κ3) is 2.50. The SMILES string of the molecule is CC(O)C(=O)Nc1ccc(F)c(F)c1. The van der Waals surface area contributed by atoms with E-state index in [9.17, 15) is 13.6 Å². The standard InChI is InChI=1S/C9H9F2NO2/c1-5(13)9(14)12-6-2-3-7(10)8(11)4-6/h2-5,13H,1H3,(H,12,14). The molecule has 2 N–H and O–H groups in total. The largest absolute Gasteiger partial charge is 0.384 e. The van der Waals surface area contributed by atoms with Gasteiger partial charge in [0, 0.05) is 11.8 Å². The first-order valence-corrected chi connectivity index (χ1v) is 3.94. The summed E-state index contributed by atoms with van der Waals surface area (Å²) < 4.78 is 25.1. The summed E-state index contributed by atoms with van der Waals surface area (Å²) in [5.74, 6) is -2.70. The zero-order valence-corrected chi connectivity index (χ0v) is 7.42. The number of rotatable bonds is 2. The molecule has 0 aromatic heterocycles. The number of aliphatic hydroxyl groups is 1. The van der Waals surface area contributed by atoms with Crippen LogP contribution in [-0.4, -0.2) is 17.1 Å². The minimum atomic E-state index is -1.19. The average Bonchev–Trinajstić information content (AvgIpc) is 2.11. The van der Waals surface area contributed by atoms with Crippen LogP contribution in [0.15, 0.2) is 18.2 Å². The van der Waals surface area contributed by atoms with E-state index in [1.54, 1.807) is 0 Å². The second-order valence-electron chi connectivity index (χ2n) is 2.79. The Morgan fingerprint density at radius 1 is 1.43 bits per heavy atom. The van der Waals surface area contributed by atoms with Crippen LogP contribution in [0.5, 0.6) is 0 Å². The van der Waals surface area contributed by atoms with E-state index < -0.39 is 23.6 Å². The summed E-state index contributed by atoms with van der Waals surface area (Å²) in [4.78, 5) is 10.9. The number of nitrogens with one attached hydrogen (secondary N) is 1. The molecule has 76 valence electrons. The number of carbonyl (C=O) groups is 1. The maximum absolute atomic E-state index is 12.6. The minimum absolute atomic E-state index is 0.106. The van der Waals surface area contributed by atoms with Crippen LogP contribution in [0.2, 0.25) is 0 Å². The Hall–Kier alpha value is -1.49. The van der Waals surface area contributed by atoms with Gasteiger partial charge in [0.1, 0.15) is 6.10 Å². The Morgan fingerprint density at radius 2 is 2.07 bits per heavy atom. The van der Waals surface area contributed by atoms with Crippen LogP contribution in [0.3, 0.4) is 0 Å². The predicted octanol–water partition coefficient (Wildman–Crippen LogP) is 1.28. The quantitative estimate of drug-likeness (QED) is 0.757. The molecule has 0 aliphatic carbocycles. The van der Waals surface area contributed by atoms with Crippen molar-refractivity contribution in [2.75, 3.05) is 5.32 Å². The Labute approximate surface area is 79.4 Å². The molecule has 0 fully saturated rings. The lowest BCUT2D eigenvalue weighted by molar-refractivity contribution is -0.123. The number of carbonyl (C=O) groups excluding carboxylic acids is 1. The Bertz CT molecular complexity index is 353. The molecule has 0 aliphatic rings. The molecule has 0 saturated heterocycles. The fraction of sp³-hybridized carbons (Fsp3) is 0.222. The molecule has 1 atom stereocenters. The molecule has 1 aromatic rings. The number of amides is 1. The van der Waals surface area contributed by atoms with Crippen molar-refractivity contribution in [1.29, 1.82) is 0 Å². The summed E-state index contributed by atoms with van der Waals surface area (Å²) in [6, 6.07) is 2.95. The van der Waals surface area contributed by atoms with E-state index in [2.05, 4.69) is 5.32 Å². The van der Waals surface area contributed by atoms with Crippen LogP contribution in [0, 0.1) is 11.6 Å². The van der Waals surface area contributed by atoms with Gasteiger partial charge in [-0.15, -0.1) is 0 Å². The smallest absolute Gasteiger partial charge is 0.252 e. The van der Waals surface area contributed by atoms with Gasteiger partial charge in [0.15, 0.2) is 11.6 Å². The van der Waals surface area contributed by atoms with Gasteiger partial charge < -0.3 is 10.4 Å². The molecule has 1 unspecified atom stereocenters. The lowest BCUT2D eigenvalue weighted by Gasteiger charge is -2.06. The molecular weight excluding hydrogens is 192 g/mol. The van der Waals surface area contributed by atoms with E-state index in [-0.39, 0.29) is 5.69 Å². The van der Waals surface area contributed by atoms with Gasteiger partial charge in [-0.1, -0.05) is 0 Å². The van der Waals surface area contributed by atoms with Crippen molar-refractivity contribution in [3.8, 4) is 0 Å². The molecule has 14 heavy (non-hydrogen) atoms. The second kappa shape index (κ2) is 4.15. The molecule has 0 radical (unpaired) electrons. The second-order valence-corrected chi connectivity index (χ2v) is 2.79. The summed E-state index contributed by atoms with van der Waals surface area (Å²) in [5.41, 5.74) is 0.106. The zero-order valence-electron chi connectivity index (χ0n) is 7.42. The van der Waals surface area contributed by atoms with Crippen LogP contribution < -0.4 is 5.32 Å². The molecular formula is C9H9F2NO2. The van der Waals surface area contributed by atoms with Crippen molar-refractivity contribution < 1.29 is 18.7 Å². The molecule has 0 heterocycles. The lowest BCUT2D eigenvalue weighted by atomic mass is 10.3. The van der Waals surface area contributed by atoms with Crippen molar-refractivity contribution >= 4 is 11.6 Å². The number of anilines is 1. The van der Waals surface area contributed by atoms with E-state index in [0.717, 1.165) is 12.1 Å². The summed E-state index contributed by atoms with van der Waals surface area (Å²) in [5, 5.41) is 11.0. The van der Waals surface area contributed by atoms with Crippen LogP contribution in [0.1, 0.15) is 6.92 Å². The number of hydrogen-bond donors (Lipinski definition) is 2. The van der Waals surface area contributed by atoms with Gasteiger partial charge in [0.05, 0.1) is 0 Å². The maximum Gasteiger partial charge on any atom is 0.252 e. The van der Waals surface area contributed by atoms with Gasteiger partial charge in [-0.25, -0.2) is 8.78 Å². The van der Waals surface area contributed by atoms with Gasteiger partial charge in [0.2, 0.25) is 0 Å². The highest BCUT2D eigenvalue weighted by Crippen LogP contribution is 2.13. The Balaban J connectivity index is 2.78. The van der Waals surface area contributed by atoms with Crippen molar-refractivity contribution in [3.05, 3.63) is 29.8 Å². The first-order chi connectivity index (χ1) is 6.50. The number of halogens is 2.